The second kappa shape index (κ2) is 3.84. The van der Waals surface area contributed by atoms with Crippen LogP contribution in [-0.4, -0.2) is 34.1 Å². The maximum absolute atomic E-state index is 13.0. The number of nitrogens with zero attached hydrogens (tertiary/aromatic N) is 2. The van der Waals surface area contributed by atoms with Crippen LogP contribution in [0.4, 0.5) is 4.39 Å². The number of hydrogen-bond acceptors (Lipinski definition) is 2. The number of aromatic amines is 1. The maximum Gasteiger partial charge on any atom is 0.274 e. The van der Waals surface area contributed by atoms with E-state index in [1.165, 1.54) is 11.0 Å². The molecule has 4 nitrogen and oxygen atoms in total. The van der Waals surface area contributed by atoms with Crippen LogP contribution in [0.1, 0.15) is 22.6 Å². The Balaban J connectivity index is 2.12. The monoisotopic (exact) mass is 209 g/mol. The predicted octanol–water partition coefficient (Wildman–Crippen LogP) is 1.42. The molecule has 1 aromatic heterocycles. The molecule has 0 aromatic carbocycles. The largest absolute Gasteiger partial charge is 0.330 e. The van der Waals surface area contributed by atoms with Crippen molar-refractivity contribution < 1.29 is 9.18 Å². The van der Waals surface area contributed by atoms with Crippen LogP contribution in [0.3, 0.4) is 0 Å². The molecular formula is C10H12FN3O. The molecule has 0 radical (unpaired) electrons. The molecule has 0 spiro atoms. The summed E-state index contributed by atoms with van der Waals surface area (Å²) in [6.07, 6.45) is 2.08. The molecule has 5 heteroatoms. The highest BCUT2D eigenvalue weighted by molar-refractivity contribution is 5.92. The summed E-state index contributed by atoms with van der Waals surface area (Å²) in [4.78, 5) is 13.3. The standard InChI is InChI=1S/C10H12FN3O/c1-7-5-9(13-12-7)10(15)14-4-2-3-8(11)6-14/h3,5H,2,4,6H2,1H3,(H,12,13). The Morgan fingerprint density at radius 3 is 3.07 bits per heavy atom. The van der Waals surface area contributed by atoms with E-state index in [-0.39, 0.29) is 18.3 Å². The summed E-state index contributed by atoms with van der Waals surface area (Å²) in [6.45, 7) is 2.43. The van der Waals surface area contributed by atoms with Crippen molar-refractivity contribution in [3.05, 3.63) is 29.4 Å². The molecule has 1 amide bonds. The zero-order valence-corrected chi connectivity index (χ0v) is 8.46. The van der Waals surface area contributed by atoms with Gasteiger partial charge in [0, 0.05) is 12.2 Å². The van der Waals surface area contributed by atoms with Crippen molar-refractivity contribution in [3.63, 3.8) is 0 Å². The van der Waals surface area contributed by atoms with Crippen LogP contribution in [0.5, 0.6) is 0 Å². The van der Waals surface area contributed by atoms with Gasteiger partial charge in [-0.15, -0.1) is 0 Å². The molecule has 0 aliphatic carbocycles. The van der Waals surface area contributed by atoms with Crippen molar-refractivity contribution in [2.45, 2.75) is 13.3 Å². The Bertz CT molecular complexity index is 411. The van der Waals surface area contributed by atoms with E-state index in [1.54, 1.807) is 6.07 Å². The summed E-state index contributed by atoms with van der Waals surface area (Å²) in [6, 6.07) is 1.67. The van der Waals surface area contributed by atoms with Crippen molar-refractivity contribution in [1.29, 1.82) is 0 Å². The van der Waals surface area contributed by atoms with E-state index in [2.05, 4.69) is 10.2 Å². The summed E-state index contributed by atoms with van der Waals surface area (Å²) < 4.78 is 13.0. The SMILES string of the molecule is Cc1cc(C(=O)N2CCC=C(F)C2)n[nH]1. The topological polar surface area (TPSA) is 49.0 Å². The second-order valence-corrected chi connectivity index (χ2v) is 3.60. The van der Waals surface area contributed by atoms with E-state index in [9.17, 15) is 9.18 Å². The average molecular weight is 209 g/mol. The number of halogens is 1. The van der Waals surface area contributed by atoms with Crippen molar-refractivity contribution >= 4 is 5.91 Å². The van der Waals surface area contributed by atoms with Crippen molar-refractivity contribution in [2.75, 3.05) is 13.1 Å². The van der Waals surface area contributed by atoms with Gasteiger partial charge in [-0.05, 0) is 25.5 Å². The third kappa shape index (κ3) is 2.06. The van der Waals surface area contributed by atoms with E-state index in [0.29, 0.717) is 18.7 Å². The first-order valence-electron chi connectivity index (χ1n) is 4.82. The fourth-order valence-electron chi connectivity index (χ4n) is 1.57. The van der Waals surface area contributed by atoms with E-state index >= 15 is 0 Å². The number of aryl methyl sites for hydroxylation is 1. The number of H-pyrrole nitrogens is 1. The van der Waals surface area contributed by atoms with Gasteiger partial charge in [-0.1, -0.05) is 0 Å². The van der Waals surface area contributed by atoms with Crippen LogP contribution in [0.2, 0.25) is 0 Å². The summed E-state index contributed by atoms with van der Waals surface area (Å²) in [5, 5.41) is 6.55. The molecule has 1 aromatic rings. The number of nitrogens with one attached hydrogen (secondary N) is 1. The van der Waals surface area contributed by atoms with Gasteiger partial charge in [0.25, 0.3) is 5.91 Å². The normalized spacial score (nSPS) is 16.4. The van der Waals surface area contributed by atoms with Crippen LogP contribution >= 0.6 is 0 Å². The molecule has 0 bridgehead atoms. The van der Waals surface area contributed by atoms with Crippen LogP contribution in [0, 0.1) is 6.92 Å². The molecule has 1 N–H and O–H groups in total. The lowest BCUT2D eigenvalue weighted by Crippen LogP contribution is -2.35. The van der Waals surface area contributed by atoms with Crippen LogP contribution in [-0.2, 0) is 0 Å². The Morgan fingerprint density at radius 1 is 1.67 bits per heavy atom. The minimum atomic E-state index is -0.248. The molecule has 1 aliphatic rings. The highest BCUT2D eigenvalue weighted by atomic mass is 19.1. The van der Waals surface area contributed by atoms with E-state index in [1.807, 2.05) is 6.92 Å². The van der Waals surface area contributed by atoms with Gasteiger partial charge in [-0.3, -0.25) is 9.89 Å². The summed E-state index contributed by atoms with van der Waals surface area (Å²) in [7, 11) is 0. The summed E-state index contributed by atoms with van der Waals surface area (Å²) >= 11 is 0. The molecule has 0 unspecified atom stereocenters. The van der Waals surface area contributed by atoms with Crippen molar-refractivity contribution in [2.24, 2.45) is 0 Å². The first-order chi connectivity index (χ1) is 7.16. The van der Waals surface area contributed by atoms with Crippen LogP contribution in [0.25, 0.3) is 0 Å². The predicted molar refractivity (Wildman–Crippen MR) is 53.0 cm³/mol. The van der Waals surface area contributed by atoms with Gasteiger partial charge in [0.1, 0.15) is 11.5 Å². The minimum absolute atomic E-state index is 0.0603. The number of rotatable bonds is 1. The third-order valence-corrected chi connectivity index (χ3v) is 2.32. The first kappa shape index (κ1) is 9.89. The van der Waals surface area contributed by atoms with E-state index in [4.69, 9.17) is 0 Å². The maximum atomic E-state index is 13.0. The third-order valence-electron chi connectivity index (χ3n) is 2.32. The van der Waals surface area contributed by atoms with E-state index < -0.39 is 0 Å². The zero-order chi connectivity index (χ0) is 10.8. The fourth-order valence-corrected chi connectivity index (χ4v) is 1.57. The van der Waals surface area contributed by atoms with Gasteiger partial charge in [-0.2, -0.15) is 5.10 Å². The molecule has 15 heavy (non-hydrogen) atoms. The van der Waals surface area contributed by atoms with Crippen LogP contribution in [0.15, 0.2) is 18.0 Å². The zero-order valence-electron chi connectivity index (χ0n) is 8.46. The van der Waals surface area contributed by atoms with Gasteiger partial charge >= 0.3 is 0 Å². The fraction of sp³-hybridized carbons (Fsp3) is 0.400. The molecule has 0 saturated carbocycles. The first-order valence-corrected chi connectivity index (χ1v) is 4.82. The number of carbonyl (C=O) groups excluding carboxylic acids is 1. The molecule has 2 rings (SSSR count). The molecule has 0 atom stereocenters. The lowest BCUT2D eigenvalue weighted by Gasteiger charge is -2.23. The second-order valence-electron chi connectivity index (χ2n) is 3.60. The lowest BCUT2D eigenvalue weighted by molar-refractivity contribution is 0.0749. The quantitative estimate of drug-likeness (QED) is 0.760. The highest BCUT2D eigenvalue weighted by Crippen LogP contribution is 2.13. The smallest absolute Gasteiger partial charge is 0.274 e. The molecular weight excluding hydrogens is 197 g/mol. The number of amides is 1. The summed E-state index contributed by atoms with van der Waals surface area (Å²) in [5.41, 5.74) is 1.17. The van der Waals surface area contributed by atoms with Gasteiger partial charge in [0.05, 0.1) is 6.54 Å². The van der Waals surface area contributed by atoms with E-state index in [0.717, 1.165) is 5.69 Å². The number of carbonyl (C=O) groups is 1. The Kier molecular flexibility index (Phi) is 2.53. The molecule has 80 valence electrons. The molecule has 0 saturated heterocycles. The minimum Gasteiger partial charge on any atom is -0.330 e. The Labute approximate surface area is 86.8 Å². The van der Waals surface area contributed by atoms with Crippen molar-refractivity contribution in [1.82, 2.24) is 15.1 Å². The highest BCUT2D eigenvalue weighted by Gasteiger charge is 2.21. The summed E-state index contributed by atoms with van der Waals surface area (Å²) in [5.74, 6) is -0.468. The molecule has 0 fully saturated rings. The van der Waals surface area contributed by atoms with Gasteiger partial charge < -0.3 is 4.90 Å². The number of hydrogen-bond donors (Lipinski definition) is 1. The van der Waals surface area contributed by atoms with Crippen molar-refractivity contribution in [3.8, 4) is 0 Å². The average Bonchev–Trinajstić information content (AvgIpc) is 2.64. The van der Waals surface area contributed by atoms with Crippen LogP contribution < -0.4 is 0 Å². The lowest BCUT2D eigenvalue weighted by atomic mass is 10.2. The number of aromatic nitrogens is 2. The Hall–Kier alpha value is -1.65. The Morgan fingerprint density at radius 2 is 2.47 bits per heavy atom. The van der Waals surface area contributed by atoms with Gasteiger partial charge in [0.2, 0.25) is 0 Å². The van der Waals surface area contributed by atoms with Gasteiger partial charge in [0.15, 0.2) is 0 Å². The van der Waals surface area contributed by atoms with Gasteiger partial charge in [-0.25, -0.2) is 4.39 Å². The molecule has 2 heterocycles. The molecule has 1 aliphatic heterocycles.